The van der Waals surface area contributed by atoms with Crippen LogP contribution in [0, 0.1) is 0 Å². The summed E-state index contributed by atoms with van der Waals surface area (Å²) < 4.78 is 1.90. The zero-order valence-electron chi connectivity index (χ0n) is 17.4. The van der Waals surface area contributed by atoms with Gasteiger partial charge >= 0.3 is 5.97 Å². The topological polar surface area (TPSA) is 83.4 Å². The average molecular weight is 393 g/mol. The van der Waals surface area contributed by atoms with Crippen LogP contribution in [0.3, 0.4) is 0 Å². The lowest BCUT2D eigenvalue weighted by Crippen LogP contribution is -2.31. The smallest absolute Gasteiger partial charge is 0.335 e. The Kier molecular flexibility index (Phi) is 5.38. The number of nitrogens with one attached hydrogen (secondary N) is 2. The minimum absolute atomic E-state index is 0.190. The molecule has 3 aromatic rings. The van der Waals surface area contributed by atoms with E-state index < -0.39 is 5.97 Å². The molecule has 1 amide bonds. The molecule has 2 aromatic carbocycles. The number of aryl methyl sites for hydroxylation is 1. The van der Waals surface area contributed by atoms with Crippen LogP contribution in [0.4, 0.5) is 5.69 Å². The first-order chi connectivity index (χ1) is 13.6. The van der Waals surface area contributed by atoms with Crippen molar-refractivity contribution >= 4 is 28.5 Å². The van der Waals surface area contributed by atoms with Gasteiger partial charge in [0.1, 0.15) is 5.69 Å². The van der Waals surface area contributed by atoms with E-state index in [1.165, 1.54) is 0 Å². The fourth-order valence-electron chi connectivity index (χ4n) is 3.42. The Balaban J connectivity index is 1.95. The van der Waals surface area contributed by atoms with Gasteiger partial charge in [-0.3, -0.25) is 4.79 Å². The number of fused-ring (bicyclic) bond motifs is 1. The molecule has 152 valence electrons. The van der Waals surface area contributed by atoms with Crippen LogP contribution in [0.25, 0.3) is 10.9 Å². The third-order valence-corrected chi connectivity index (χ3v) is 4.83. The van der Waals surface area contributed by atoms with E-state index in [9.17, 15) is 9.59 Å². The van der Waals surface area contributed by atoms with Gasteiger partial charge < -0.3 is 20.3 Å². The minimum atomic E-state index is -0.971. The number of benzene rings is 2. The number of nitrogens with zero attached hydrogens (tertiary/aromatic N) is 1. The number of rotatable bonds is 5. The highest BCUT2D eigenvalue weighted by Gasteiger charge is 2.25. The molecule has 1 atom stereocenters. The lowest BCUT2D eigenvalue weighted by Gasteiger charge is -2.23. The maximum Gasteiger partial charge on any atom is 0.335 e. The molecule has 0 fully saturated rings. The molecule has 0 bridgehead atoms. The second kappa shape index (κ2) is 7.62. The molecule has 0 aliphatic carbocycles. The third kappa shape index (κ3) is 4.26. The summed E-state index contributed by atoms with van der Waals surface area (Å²) in [6.07, 6.45) is 0. The van der Waals surface area contributed by atoms with Gasteiger partial charge in [-0.05, 0) is 51.5 Å². The van der Waals surface area contributed by atoms with Crippen LogP contribution >= 0.6 is 0 Å². The van der Waals surface area contributed by atoms with Crippen molar-refractivity contribution in [3.05, 3.63) is 65.4 Å². The lowest BCUT2D eigenvalue weighted by molar-refractivity contribution is 0.0696. The molecule has 1 aromatic heterocycles. The number of carboxylic acid groups (broad SMARTS) is 1. The van der Waals surface area contributed by atoms with Gasteiger partial charge in [0.05, 0.1) is 22.8 Å². The van der Waals surface area contributed by atoms with E-state index in [-0.39, 0.29) is 23.1 Å². The summed E-state index contributed by atoms with van der Waals surface area (Å²) >= 11 is 0. The maximum absolute atomic E-state index is 13.2. The number of carboxylic acids is 1. The molecule has 0 aliphatic heterocycles. The lowest BCUT2D eigenvalue weighted by atomic mass is 10.1. The monoisotopic (exact) mass is 393 g/mol. The first-order valence-corrected chi connectivity index (χ1v) is 9.58. The predicted octanol–water partition coefficient (Wildman–Crippen LogP) is 4.58. The first kappa shape index (κ1) is 20.5. The molecule has 3 N–H and O–H groups in total. The molecule has 0 saturated carbocycles. The second-order valence-corrected chi connectivity index (χ2v) is 8.30. The highest BCUT2D eigenvalue weighted by atomic mass is 16.4. The van der Waals surface area contributed by atoms with Gasteiger partial charge in [-0.2, -0.15) is 0 Å². The molecule has 0 spiro atoms. The fraction of sp³-hybridized carbons (Fsp3) is 0.304. The van der Waals surface area contributed by atoms with E-state index in [1.54, 1.807) is 24.3 Å². The van der Waals surface area contributed by atoms with Gasteiger partial charge in [0.25, 0.3) is 5.91 Å². The number of anilines is 1. The van der Waals surface area contributed by atoms with Crippen molar-refractivity contribution in [2.75, 3.05) is 5.32 Å². The van der Waals surface area contributed by atoms with Gasteiger partial charge in [0.2, 0.25) is 0 Å². The predicted molar refractivity (Wildman–Crippen MR) is 116 cm³/mol. The van der Waals surface area contributed by atoms with Gasteiger partial charge in [0, 0.05) is 18.0 Å². The Morgan fingerprint density at radius 2 is 1.66 bits per heavy atom. The van der Waals surface area contributed by atoms with Crippen LogP contribution in [0.5, 0.6) is 0 Å². The number of aromatic nitrogens is 1. The molecule has 1 heterocycles. The zero-order chi connectivity index (χ0) is 21.3. The molecule has 29 heavy (non-hydrogen) atoms. The molecular formula is C23H27N3O3. The van der Waals surface area contributed by atoms with Crippen molar-refractivity contribution < 1.29 is 14.7 Å². The number of aromatic carboxylic acids is 1. The summed E-state index contributed by atoms with van der Waals surface area (Å²) in [7, 11) is 1.89. The summed E-state index contributed by atoms with van der Waals surface area (Å²) in [5, 5.41) is 16.6. The number of hydrogen-bond acceptors (Lipinski definition) is 3. The third-order valence-electron chi connectivity index (χ3n) is 4.83. The van der Waals surface area contributed by atoms with Gasteiger partial charge in [-0.15, -0.1) is 0 Å². The summed E-state index contributed by atoms with van der Waals surface area (Å²) in [6, 6.07) is 14.2. The number of carbonyl (C=O) groups excluding carboxylic acids is 1. The molecule has 0 radical (unpaired) electrons. The molecule has 0 unspecified atom stereocenters. The quantitative estimate of drug-likeness (QED) is 0.593. The second-order valence-electron chi connectivity index (χ2n) is 8.30. The van der Waals surface area contributed by atoms with Gasteiger partial charge in [-0.1, -0.05) is 30.3 Å². The number of amides is 1. The number of para-hydroxylation sites is 1. The van der Waals surface area contributed by atoms with Crippen LogP contribution in [0.2, 0.25) is 0 Å². The highest BCUT2D eigenvalue weighted by molar-refractivity contribution is 6.09. The van der Waals surface area contributed by atoms with E-state index in [2.05, 4.69) is 31.4 Å². The van der Waals surface area contributed by atoms with Crippen molar-refractivity contribution in [3.8, 4) is 0 Å². The Morgan fingerprint density at radius 1 is 1.03 bits per heavy atom. The standard InChI is InChI=1S/C23H27N3O3/c1-14(15-10-12-16(13-11-15)22(28)29)24-21(27)20-19(25-23(2,3)4)17-8-6-7-9-18(17)26(20)5/h6-14,25H,1-5H3,(H,24,27)(H,28,29)/t14-/m0/s1. The van der Waals surface area contributed by atoms with Crippen LogP contribution in [0.15, 0.2) is 48.5 Å². The van der Waals surface area contributed by atoms with E-state index in [0.29, 0.717) is 5.69 Å². The van der Waals surface area contributed by atoms with E-state index in [4.69, 9.17) is 5.11 Å². The van der Waals surface area contributed by atoms with Crippen LogP contribution in [0.1, 0.15) is 60.1 Å². The summed E-state index contributed by atoms with van der Waals surface area (Å²) in [6.45, 7) is 8.06. The largest absolute Gasteiger partial charge is 0.478 e. The molecule has 0 saturated heterocycles. The molecule has 6 heteroatoms. The van der Waals surface area contributed by atoms with Gasteiger partial charge in [0.15, 0.2) is 0 Å². The summed E-state index contributed by atoms with van der Waals surface area (Å²) in [5.74, 6) is -1.16. The van der Waals surface area contributed by atoms with E-state index >= 15 is 0 Å². The summed E-state index contributed by atoms with van der Waals surface area (Å²) in [4.78, 5) is 24.3. The Bertz CT molecular complexity index is 1060. The molecule has 3 rings (SSSR count). The van der Waals surface area contributed by atoms with Crippen LogP contribution in [-0.4, -0.2) is 27.1 Å². The van der Waals surface area contributed by atoms with Gasteiger partial charge in [-0.25, -0.2) is 4.79 Å². The average Bonchev–Trinajstić information content (AvgIpc) is 2.92. The minimum Gasteiger partial charge on any atom is -0.478 e. The van der Waals surface area contributed by atoms with Crippen molar-refractivity contribution in [3.63, 3.8) is 0 Å². The van der Waals surface area contributed by atoms with Crippen LogP contribution in [-0.2, 0) is 7.05 Å². The van der Waals surface area contributed by atoms with Crippen molar-refractivity contribution in [1.29, 1.82) is 0 Å². The zero-order valence-corrected chi connectivity index (χ0v) is 17.4. The van der Waals surface area contributed by atoms with Crippen molar-refractivity contribution in [1.82, 2.24) is 9.88 Å². The van der Waals surface area contributed by atoms with E-state index in [1.807, 2.05) is 42.8 Å². The first-order valence-electron chi connectivity index (χ1n) is 9.58. The fourth-order valence-corrected chi connectivity index (χ4v) is 3.42. The molecular weight excluding hydrogens is 366 g/mol. The molecule has 0 aliphatic rings. The van der Waals surface area contributed by atoms with Crippen LogP contribution < -0.4 is 10.6 Å². The number of carbonyl (C=O) groups is 2. The Hall–Kier alpha value is -3.28. The normalized spacial score (nSPS) is 12.6. The maximum atomic E-state index is 13.2. The van der Waals surface area contributed by atoms with Crippen molar-refractivity contribution in [2.45, 2.75) is 39.3 Å². The Labute approximate surface area is 170 Å². The van der Waals surface area contributed by atoms with E-state index in [0.717, 1.165) is 22.2 Å². The Morgan fingerprint density at radius 3 is 2.24 bits per heavy atom. The summed E-state index contributed by atoms with van der Waals surface area (Å²) in [5.41, 5.74) is 3.20. The number of hydrogen-bond donors (Lipinski definition) is 3. The van der Waals surface area contributed by atoms with Crippen molar-refractivity contribution in [2.24, 2.45) is 7.05 Å². The molecule has 6 nitrogen and oxygen atoms in total. The SMILES string of the molecule is C[C@H](NC(=O)c1c(NC(C)(C)C)c2ccccc2n1C)c1ccc(C(=O)O)cc1. The highest BCUT2D eigenvalue weighted by Crippen LogP contribution is 2.32.